The molecular weight excluding hydrogens is 306 g/mol. The van der Waals surface area contributed by atoms with E-state index in [2.05, 4.69) is 36.1 Å². The van der Waals surface area contributed by atoms with Crippen molar-refractivity contribution in [2.24, 2.45) is 11.3 Å². The molecule has 3 N–H and O–H groups in total. The van der Waals surface area contributed by atoms with Crippen molar-refractivity contribution in [2.45, 2.75) is 65.9 Å². The van der Waals surface area contributed by atoms with Crippen LogP contribution in [0.1, 0.15) is 68.3 Å². The maximum absolute atomic E-state index is 12.2. The predicted octanol–water partition coefficient (Wildman–Crippen LogP) is 2.08. The average Bonchev–Trinajstić information content (AvgIpc) is 2.48. The van der Waals surface area contributed by atoms with E-state index in [0.29, 0.717) is 30.1 Å². The zero-order valence-electron chi connectivity index (χ0n) is 15.3. The Morgan fingerprint density at radius 3 is 2.46 bits per heavy atom. The van der Waals surface area contributed by atoms with Crippen LogP contribution in [-0.4, -0.2) is 33.1 Å². The molecule has 24 heavy (non-hydrogen) atoms. The van der Waals surface area contributed by atoms with Crippen LogP contribution in [-0.2, 0) is 0 Å². The number of hydrogen-bond donors (Lipinski definition) is 3. The summed E-state index contributed by atoms with van der Waals surface area (Å²) in [4.78, 5) is 30.8. The molecule has 134 valence electrons. The Kier molecular flexibility index (Phi) is 5.18. The van der Waals surface area contributed by atoms with Gasteiger partial charge < -0.3 is 15.4 Å². The van der Waals surface area contributed by atoms with E-state index in [1.54, 1.807) is 13.8 Å². The van der Waals surface area contributed by atoms with Crippen LogP contribution in [0.3, 0.4) is 0 Å². The summed E-state index contributed by atoms with van der Waals surface area (Å²) in [5, 5.41) is 13.4. The van der Waals surface area contributed by atoms with Crippen LogP contribution in [0.2, 0.25) is 0 Å². The van der Waals surface area contributed by atoms with Gasteiger partial charge in [-0.3, -0.25) is 9.59 Å². The largest absolute Gasteiger partial charge is 0.388 e. The molecule has 0 aromatic carbocycles. The van der Waals surface area contributed by atoms with Crippen molar-refractivity contribution in [2.75, 3.05) is 6.54 Å². The van der Waals surface area contributed by atoms with Crippen LogP contribution in [0.5, 0.6) is 0 Å². The molecule has 2 rings (SSSR count). The fraction of sp³-hybridized carbons (Fsp3) is 0.722. The van der Waals surface area contributed by atoms with Crippen LogP contribution in [0, 0.1) is 25.2 Å². The number of nitrogens with one attached hydrogen (secondary N) is 2. The summed E-state index contributed by atoms with van der Waals surface area (Å²) in [6, 6.07) is 0. The van der Waals surface area contributed by atoms with E-state index in [1.807, 2.05) is 0 Å². The Bertz CT molecular complexity index is 665. The summed E-state index contributed by atoms with van der Waals surface area (Å²) in [5.74, 6) is 0.0449. The number of rotatable bonds is 3. The van der Waals surface area contributed by atoms with E-state index < -0.39 is 17.1 Å². The summed E-state index contributed by atoms with van der Waals surface area (Å²) in [6.07, 6.45) is 3.20. The monoisotopic (exact) mass is 335 g/mol. The third-order valence-corrected chi connectivity index (χ3v) is 5.27. The third-order valence-electron chi connectivity index (χ3n) is 5.27. The molecule has 0 saturated heterocycles. The van der Waals surface area contributed by atoms with Crippen molar-refractivity contribution in [3.63, 3.8) is 0 Å². The van der Waals surface area contributed by atoms with Crippen molar-refractivity contribution in [3.05, 3.63) is 27.4 Å². The molecule has 0 bridgehead atoms. The molecule has 0 aliphatic heterocycles. The van der Waals surface area contributed by atoms with Gasteiger partial charge in [0.2, 0.25) is 0 Å². The number of aliphatic hydroxyl groups is 1. The smallest absolute Gasteiger partial charge is 0.279 e. The lowest BCUT2D eigenvalue weighted by Crippen LogP contribution is -2.47. The first kappa shape index (κ1) is 18.6. The van der Waals surface area contributed by atoms with Gasteiger partial charge in [0.15, 0.2) is 5.69 Å². The van der Waals surface area contributed by atoms with Crippen molar-refractivity contribution >= 4 is 5.91 Å². The van der Waals surface area contributed by atoms with E-state index in [0.717, 1.165) is 12.8 Å². The fourth-order valence-corrected chi connectivity index (χ4v) is 3.30. The maximum Gasteiger partial charge on any atom is 0.279 e. The highest BCUT2D eigenvalue weighted by Gasteiger charge is 2.37. The summed E-state index contributed by atoms with van der Waals surface area (Å²) in [5.41, 5.74) is -0.0468. The average molecular weight is 335 g/mol. The number of amides is 1. The Balaban J connectivity index is 1.97. The SMILES string of the molecule is Cc1nc(C(=O)NCC2(O)CCC(C(C)(C)C)CC2)c(=O)[nH]c1C. The molecule has 1 aliphatic rings. The molecule has 1 heterocycles. The van der Waals surface area contributed by atoms with Gasteiger partial charge in [-0.15, -0.1) is 0 Å². The van der Waals surface area contributed by atoms with Crippen LogP contribution in [0.4, 0.5) is 0 Å². The first-order valence-electron chi connectivity index (χ1n) is 8.60. The van der Waals surface area contributed by atoms with Gasteiger partial charge in [-0.2, -0.15) is 0 Å². The Morgan fingerprint density at radius 1 is 1.33 bits per heavy atom. The molecule has 0 unspecified atom stereocenters. The molecule has 1 aromatic heterocycles. The minimum atomic E-state index is -0.899. The van der Waals surface area contributed by atoms with Gasteiger partial charge in [0.05, 0.1) is 11.3 Å². The number of aromatic nitrogens is 2. The van der Waals surface area contributed by atoms with E-state index in [-0.39, 0.29) is 17.7 Å². The molecule has 0 atom stereocenters. The number of carbonyl (C=O) groups is 1. The normalized spacial score (nSPS) is 24.7. The third kappa shape index (κ3) is 4.23. The molecule has 1 saturated carbocycles. The minimum Gasteiger partial charge on any atom is -0.388 e. The zero-order chi connectivity index (χ0) is 18.1. The first-order chi connectivity index (χ1) is 11.0. The summed E-state index contributed by atoms with van der Waals surface area (Å²) in [7, 11) is 0. The van der Waals surface area contributed by atoms with Crippen LogP contribution < -0.4 is 10.9 Å². The Hall–Kier alpha value is -1.69. The van der Waals surface area contributed by atoms with E-state index >= 15 is 0 Å². The zero-order valence-corrected chi connectivity index (χ0v) is 15.3. The lowest BCUT2D eigenvalue weighted by molar-refractivity contribution is -0.0229. The van der Waals surface area contributed by atoms with Gasteiger partial charge in [0.1, 0.15) is 0 Å². The standard InChI is InChI=1S/C18H29N3O3/c1-11-12(2)21-16(23)14(20-11)15(22)19-10-18(24)8-6-13(7-9-18)17(3,4)5/h13,24H,6-10H2,1-5H3,(H,19,22)(H,21,23). The van der Waals surface area contributed by atoms with Crippen molar-refractivity contribution in [1.29, 1.82) is 0 Å². The first-order valence-corrected chi connectivity index (χ1v) is 8.60. The molecule has 6 nitrogen and oxygen atoms in total. The number of H-pyrrole nitrogens is 1. The highest BCUT2D eigenvalue weighted by molar-refractivity contribution is 5.91. The lowest BCUT2D eigenvalue weighted by atomic mass is 9.68. The van der Waals surface area contributed by atoms with E-state index in [4.69, 9.17) is 0 Å². The van der Waals surface area contributed by atoms with E-state index in [1.165, 1.54) is 0 Å². The van der Waals surface area contributed by atoms with Crippen molar-refractivity contribution in [3.8, 4) is 0 Å². The Labute approximate surface area is 143 Å². The molecule has 0 radical (unpaired) electrons. The lowest BCUT2D eigenvalue weighted by Gasteiger charge is -2.41. The van der Waals surface area contributed by atoms with Gasteiger partial charge in [-0.1, -0.05) is 20.8 Å². The second-order valence-corrected chi connectivity index (χ2v) is 8.17. The van der Waals surface area contributed by atoms with Gasteiger partial charge in [0, 0.05) is 12.2 Å². The highest BCUT2D eigenvalue weighted by Crippen LogP contribution is 2.41. The van der Waals surface area contributed by atoms with Crippen molar-refractivity contribution in [1.82, 2.24) is 15.3 Å². The van der Waals surface area contributed by atoms with Gasteiger partial charge in [-0.25, -0.2) is 4.98 Å². The molecule has 1 fully saturated rings. The quantitative estimate of drug-likeness (QED) is 0.788. The van der Waals surface area contributed by atoms with E-state index in [9.17, 15) is 14.7 Å². The number of aromatic amines is 1. The molecule has 6 heteroatoms. The fourth-order valence-electron chi connectivity index (χ4n) is 3.30. The van der Waals surface area contributed by atoms with Gasteiger partial charge >= 0.3 is 0 Å². The van der Waals surface area contributed by atoms with Crippen molar-refractivity contribution < 1.29 is 9.90 Å². The predicted molar refractivity (Wildman–Crippen MR) is 93.0 cm³/mol. The van der Waals surface area contributed by atoms with Crippen LogP contribution >= 0.6 is 0 Å². The van der Waals surface area contributed by atoms with Gasteiger partial charge in [-0.05, 0) is 50.9 Å². The van der Waals surface area contributed by atoms with Crippen LogP contribution in [0.25, 0.3) is 0 Å². The molecule has 1 amide bonds. The van der Waals surface area contributed by atoms with Crippen LogP contribution in [0.15, 0.2) is 4.79 Å². The molecular formula is C18H29N3O3. The minimum absolute atomic E-state index is 0.148. The summed E-state index contributed by atoms with van der Waals surface area (Å²) >= 11 is 0. The second-order valence-electron chi connectivity index (χ2n) is 8.17. The maximum atomic E-state index is 12.2. The molecule has 1 aromatic rings. The molecule has 0 spiro atoms. The Morgan fingerprint density at radius 2 is 1.92 bits per heavy atom. The number of aryl methyl sites for hydroxylation is 2. The second kappa shape index (κ2) is 6.67. The van der Waals surface area contributed by atoms with Gasteiger partial charge in [0.25, 0.3) is 11.5 Å². The summed E-state index contributed by atoms with van der Waals surface area (Å²) < 4.78 is 0. The topological polar surface area (TPSA) is 95.1 Å². The highest BCUT2D eigenvalue weighted by atomic mass is 16.3. The number of nitrogens with zero attached hydrogens (tertiary/aromatic N) is 1. The molecule has 1 aliphatic carbocycles. The number of carbonyl (C=O) groups excluding carboxylic acids is 1. The number of hydrogen-bond acceptors (Lipinski definition) is 4. The summed E-state index contributed by atoms with van der Waals surface area (Å²) in [6.45, 7) is 10.3.